The van der Waals surface area contributed by atoms with Gasteiger partial charge in [-0.2, -0.15) is 0 Å². The van der Waals surface area contributed by atoms with Crippen molar-refractivity contribution in [1.82, 2.24) is 20.0 Å². The minimum atomic E-state index is -0.0489. The Bertz CT molecular complexity index is 439. The minimum Gasteiger partial charge on any atom is -0.337 e. The number of likely N-dealkylation sites (tertiary alicyclic amines) is 1. The summed E-state index contributed by atoms with van der Waals surface area (Å²) in [4.78, 5) is 16.6. The molecular weight excluding hydrogens is 276 g/mol. The smallest absolute Gasteiger partial charge is 0.274 e. The van der Waals surface area contributed by atoms with Gasteiger partial charge in [-0.1, -0.05) is 25.4 Å². The second kappa shape index (κ2) is 6.99. The summed E-state index contributed by atoms with van der Waals surface area (Å²) in [7, 11) is 0. The van der Waals surface area contributed by atoms with Gasteiger partial charge >= 0.3 is 0 Å². The molecule has 20 heavy (non-hydrogen) atoms. The highest BCUT2D eigenvalue weighted by Crippen LogP contribution is 2.18. The molecule has 0 atom stereocenters. The van der Waals surface area contributed by atoms with Gasteiger partial charge in [0.25, 0.3) is 5.91 Å². The molecule has 1 fully saturated rings. The zero-order valence-corrected chi connectivity index (χ0v) is 12.8. The number of nitrogens with zero attached hydrogens (tertiary/aromatic N) is 4. The molecule has 5 nitrogen and oxygen atoms in total. The second-order valence-corrected chi connectivity index (χ2v) is 5.37. The van der Waals surface area contributed by atoms with Gasteiger partial charge in [-0.05, 0) is 38.1 Å². The lowest BCUT2D eigenvalue weighted by molar-refractivity contribution is 0.0624. The van der Waals surface area contributed by atoms with Gasteiger partial charge in [-0.3, -0.25) is 4.79 Å². The second-order valence-electron chi connectivity index (χ2n) is 4.99. The molecule has 2 rings (SSSR count). The zero-order chi connectivity index (χ0) is 14.5. The van der Waals surface area contributed by atoms with E-state index in [0.29, 0.717) is 16.9 Å². The van der Waals surface area contributed by atoms with E-state index in [1.54, 1.807) is 12.1 Å². The molecule has 0 bridgehead atoms. The third-order valence-electron chi connectivity index (χ3n) is 3.93. The Morgan fingerprint density at radius 2 is 1.95 bits per heavy atom. The average molecular weight is 297 g/mol. The van der Waals surface area contributed by atoms with Crippen LogP contribution in [0.5, 0.6) is 0 Å². The predicted molar refractivity (Wildman–Crippen MR) is 78.9 cm³/mol. The first-order chi connectivity index (χ1) is 9.65. The monoisotopic (exact) mass is 296 g/mol. The molecule has 0 aromatic carbocycles. The van der Waals surface area contributed by atoms with E-state index in [4.69, 9.17) is 11.6 Å². The molecule has 0 N–H and O–H groups in total. The predicted octanol–water partition coefficient (Wildman–Crippen LogP) is 2.08. The lowest BCUT2D eigenvalue weighted by Gasteiger charge is -2.37. The van der Waals surface area contributed by atoms with Crippen molar-refractivity contribution in [1.29, 1.82) is 0 Å². The molecule has 0 saturated carbocycles. The number of carbonyl (C=O) groups is 1. The number of halogens is 1. The van der Waals surface area contributed by atoms with Crippen molar-refractivity contribution in [3.8, 4) is 0 Å². The first-order valence-corrected chi connectivity index (χ1v) is 7.56. The normalized spacial score (nSPS) is 16.7. The molecule has 1 aliphatic heterocycles. The highest BCUT2D eigenvalue weighted by atomic mass is 35.5. The van der Waals surface area contributed by atoms with Crippen LogP contribution in [0, 0.1) is 0 Å². The molecule has 2 heterocycles. The van der Waals surface area contributed by atoms with Crippen molar-refractivity contribution < 1.29 is 4.79 Å². The Morgan fingerprint density at radius 3 is 2.45 bits per heavy atom. The zero-order valence-electron chi connectivity index (χ0n) is 12.0. The van der Waals surface area contributed by atoms with Gasteiger partial charge in [-0.15, -0.1) is 10.2 Å². The number of hydrogen-bond donors (Lipinski definition) is 0. The number of aromatic nitrogens is 2. The number of amides is 1. The Labute approximate surface area is 124 Å². The number of piperidine rings is 1. The number of rotatable bonds is 4. The fraction of sp³-hybridized carbons (Fsp3) is 0.643. The first kappa shape index (κ1) is 15.2. The van der Waals surface area contributed by atoms with Crippen LogP contribution in [0.2, 0.25) is 5.15 Å². The molecule has 110 valence electrons. The molecule has 1 amide bonds. The van der Waals surface area contributed by atoms with Crippen LogP contribution in [0.1, 0.15) is 37.2 Å². The molecule has 0 aliphatic carbocycles. The van der Waals surface area contributed by atoms with E-state index in [9.17, 15) is 4.79 Å². The largest absolute Gasteiger partial charge is 0.337 e. The van der Waals surface area contributed by atoms with Crippen LogP contribution in [0.25, 0.3) is 0 Å². The summed E-state index contributed by atoms with van der Waals surface area (Å²) in [6.07, 6.45) is 2.04. The van der Waals surface area contributed by atoms with Crippen LogP contribution in [-0.2, 0) is 0 Å². The third kappa shape index (κ3) is 3.46. The van der Waals surface area contributed by atoms with Crippen LogP contribution >= 0.6 is 11.6 Å². The summed E-state index contributed by atoms with van der Waals surface area (Å²) in [6.45, 7) is 8.07. The minimum absolute atomic E-state index is 0.0489. The van der Waals surface area contributed by atoms with E-state index < -0.39 is 0 Å². The van der Waals surface area contributed by atoms with E-state index >= 15 is 0 Å². The topological polar surface area (TPSA) is 49.3 Å². The Morgan fingerprint density at radius 1 is 1.30 bits per heavy atom. The van der Waals surface area contributed by atoms with Crippen molar-refractivity contribution in [3.05, 3.63) is 23.0 Å². The van der Waals surface area contributed by atoms with Gasteiger partial charge in [-0.25, -0.2) is 0 Å². The molecular formula is C14H21ClN4O. The van der Waals surface area contributed by atoms with Gasteiger partial charge in [0.05, 0.1) is 0 Å². The molecule has 1 aliphatic rings. The average Bonchev–Trinajstić information content (AvgIpc) is 2.49. The van der Waals surface area contributed by atoms with Gasteiger partial charge in [0.1, 0.15) is 0 Å². The maximum atomic E-state index is 12.3. The fourth-order valence-corrected chi connectivity index (χ4v) is 2.87. The lowest BCUT2D eigenvalue weighted by Crippen LogP contribution is -2.46. The third-order valence-corrected chi connectivity index (χ3v) is 4.13. The van der Waals surface area contributed by atoms with Crippen molar-refractivity contribution in [2.45, 2.75) is 32.7 Å². The summed E-state index contributed by atoms with van der Waals surface area (Å²) >= 11 is 5.68. The van der Waals surface area contributed by atoms with Gasteiger partial charge in [0.15, 0.2) is 10.8 Å². The van der Waals surface area contributed by atoms with Crippen molar-refractivity contribution in [3.63, 3.8) is 0 Å². The van der Waals surface area contributed by atoms with E-state index in [1.165, 1.54) is 0 Å². The Balaban J connectivity index is 1.93. The first-order valence-electron chi connectivity index (χ1n) is 7.18. The summed E-state index contributed by atoms with van der Waals surface area (Å²) in [6, 6.07) is 3.82. The van der Waals surface area contributed by atoms with Crippen molar-refractivity contribution in [2.24, 2.45) is 0 Å². The van der Waals surface area contributed by atoms with E-state index in [-0.39, 0.29) is 5.91 Å². The molecule has 0 radical (unpaired) electrons. The molecule has 1 saturated heterocycles. The van der Waals surface area contributed by atoms with Crippen LogP contribution < -0.4 is 0 Å². The van der Waals surface area contributed by atoms with Crippen LogP contribution in [0.4, 0.5) is 0 Å². The van der Waals surface area contributed by atoms with E-state index in [2.05, 4.69) is 28.9 Å². The van der Waals surface area contributed by atoms with Gasteiger partial charge in [0.2, 0.25) is 0 Å². The summed E-state index contributed by atoms with van der Waals surface area (Å²) < 4.78 is 0. The maximum absolute atomic E-state index is 12.3. The Hall–Kier alpha value is -1.20. The SMILES string of the molecule is CCN(CC)C1CCN(C(=O)c2ccc(Cl)nn2)CC1. The van der Waals surface area contributed by atoms with Gasteiger partial charge in [0, 0.05) is 19.1 Å². The Kier molecular flexibility index (Phi) is 5.31. The van der Waals surface area contributed by atoms with Crippen molar-refractivity contribution >= 4 is 17.5 Å². The molecule has 6 heteroatoms. The number of hydrogen-bond acceptors (Lipinski definition) is 4. The highest BCUT2D eigenvalue weighted by Gasteiger charge is 2.26. The maximum Gasteiger partial charge on any atom is 0.274 e. The van der Waals surface area contributed by atoms with E-state index in [0.717, 1.165) is 39.0 Å². The van der Waals surface area contributed by atoms with Gasteiger partial charge < -0.3 is 9.80 Å². The molecule has 0 spiro atoms. The molecule has 1 aromatic heterocycles. The van der Waals surface area contributed by atoms with Crippen LogP contribution in [-0.4, -0.2) is 58.1 Å². The molecule has 1 aromatic rings. The highest BCUT2D eigenvalue weighted by molar-refractivity contribution is 6.29. The summed E-state index contributed by atoms with van der Waals surface area (Å²) in [5.74, 6) is -0.0489. The van der Waals surface area contributed by atoms with Crippen LogP contribution in [0.15, 0.2) is 12.1 Å². The molecule has 0 unspecified atom stereocenters. The van der Waals surface area contributed by atoms with Crippen molar-refractivity contribution in [2.75, 3.05) is 26.2 Å². The fourth-order valence-electron chi connectivity index (χ4n) is 2.77. The number of carbonyl (C=O) groups excluding carboxylic acids is 1. The van der Waals surface area contributed by atoms with Crippen LogP contribution in [0.3, 0.4) is 0 Å². The van der Waals surface area contributed by atoms with E-state index in [1.807, 2.05) is 4.90 Å². The summed E-state index contributed by atoms with van der Waals surface area (Å²) in [5.41, 5.74) is 0.371. The summed E-state index contributed by atoms with van der Waals surface area (Å²) in [5, 5.41) is 7.89. The lowest BCUT2D eigenvalue weighted by atomic mass is 10.0. The quantitative estimate of drug-likeness (QED) is 0.853. The standard InChI is InChI=1S/C14H21ClN4O/c1-3-18(4-2)11-7-9-19(10-8-11)14(20)12-5-6-13(15)17-16-12/h5-6,11H,3-4,7-10H2,1-2H3.